The Bertz CT molecular complexity index is 1110. The highest BCUT2D eigenvalue weighted by molar-refractivity contribution is 7.09. The Labute approximate surface area is 178 Å². The van der Waals surface area contributed by atoms with Gasteiger partial charge in [-0.15, -0.1) is 11.3 Å². The second-order valence-corrected chi connectivity index (χ2v) is 7.91. The summed E-state index contributed by atoms with van der Waals surface area (Å²) in [5, 5.41) is 5.77. The minimum absolute atomic E-state index is 0.117. The smallest absolute Gasteiger partial charge is 0.265 e. The molecule has 2 aromatic carbocycles. The number of methoxy groups -OCH3 is 1. The van der Waals surface area contributed by atoms with Crippen molar-refractivity contribution in [2.75, 3.05) is 23.9 Å². The number of nitrogens with one attached hydrogen (secondary N) is 1. The van der Waals surface area contributed by atoms with Crippen molar-refractivity contribution in [2.24, 2.45) is 0 Å². The zero-order valence-electron chi connectivity index (χ0n) is 16.8. The van der Waals surface area contributed by atoms with E-state index in [2.05, 4.69) is 10.3 Å². The minimum Gasteiger partial charge on any atom is -0.495 e. The van der Waals surface area contributed by atoms with E-state index in [1.54, 1.807) is 36.5 Å². The van der Waals surface area contributed by atoms with Crippen molar-refractivity contribution in [3.05, 3.63) is 52.9 Å². The second-order valence-electron chi connectivity index (χ2n) is 6.85. The topological polar surface area (TPSA) is 80.8 Å². The van der Waals surface area contributed by atoms with E-state index in [1.165, 1.54) is 12.0 Å². The molecule has 0 bridgehead atoms. The average Bonchev–Trinajstić information content (AvgIpc) is 3.19. The Hall–Kier alpha value is -3.39. The van der Waals surface area contributed by atoms with Crippen molar-refractivity contribution in [2.45, 2.75) is 19.9 Å². The molecule has 1 aliphatic rings. The van der Waals surface area contributed by atoms with Crippen LogP contribution in [0.1, 0.15) is 11.9 Å². The van der Waals surface area contributed by atoms with Crippen LogP contribution in [-0.2, 0) is 9.59 Å². The van der Waals surface area contributed by atoms with Gasteiger partial charge in [-0.3, -0.25) is 14.5 Å². The normalized spacial score (nSPS) is 14.0. The first-order chi connectivity index (χ1) is 14.5. The molecular weight excluding hydrogens is 402 g/mol. The highest BCUT2D eigenvalue weighted by atomic mass is 32.1. The third kappa shape index (κ3) is 3.73. The van der Waals surface area contributed by atoms with E-state index in [-0.39, 0.29) is 18.4 Å². The summed E-state index contributed by atoms with van der Waals surface area (Å²) in [6.07, 6.45) is 0. The summed E-state index contributed by atoms with van der Waals surface area (Å²) >= 11 is 1.56. The van der Waals surface area contributed by atoms with Crippen LogP contribution < -0.4 is 19.7 Å². The van der Waals surface area contributed by atoms with Gasteiger partial charge in [-0.25, -0.2) is 4.98 Å². The van der Waals surface area contributed by atoms with E-state index < -0.39 is 6.04 Å². The number of nitrogens with zero attached hydrogens (tertiary/aromatic N) is 2. The molecule has 2 heterocycles. The molecule has 154 valence electrons. The average molecular weight is 423 g/mol. The second kappa shape index (κ2) is 8.16. The van der Waals surface area contributed by atoms with E-state index in [4.69, 9.17) is 9.47 Å². The van der Waals surface area contributed by atoms with Crippen LogP contribution in [0, 0.1) is 6.92 Å². The number of amides is 2. The SMILES string of the molecule is COc1ccccc1NC(=O)C(C)N1C(=O)COc2ccc(-c3csc(C)n3)cc21. The number of carbonyl (C=O) groups excluding carboxylic acids is 2. The molecule has 1 aromatic heterocycles. The van der Waals surface area contributed by atoms with E-state index >= 15 is 0 Å². The van der Waals surface area contributed by atoms with Gasteiger partial charge in [-0.2, -0.15) is 0 Å². The molecule has 2 amide bonds. The molecule has 7 nitrogen and oxygen atoms in total. The molecule has 1 N–H and O–H groups in total. The van der Waals surface area contributed by atoms with Gasteiger partial charge in [0.15, 0.2) is 6.61 Å². The van der Waals surface area contributed by atoms with Gasteiger partial charge in [0.2, 0.25) is 5.91 Å². The van der Waals surface area contributed by atoms with E-state index in [9.17, 15) is 9.59 Å². The Kier molecular flexibility index (Phi) is 5.41. The summed E-state index contributed by atoms with van der Waals surface area (Å²) in [6.45, 7) is 3.52. The lowest BCUT2D eigenvalue weighted by Gasteiger charge is -2.33. The Morgan fingerprint density at radius 1 is 1.30 bits per heavy atom. The van der Waals surface area contributed by atoms with Crippen molar-refractivity contribution in [3.63, 3.8) is 0 Å². The van der Waals surface area contributed by atoms with Crippen LogP contribution in [0.25, 0.3) is 11.3 Å². The summed E-state index contributed by atoms with van der Waals surface area (Å²) in [6, 6.07) is 11.9. The van der Waals surface area contributed by atoms with Crippen LogP contribution >= 0.6 is 11.3 Å². The summed E-state index contributed by atoms with van der Waals surface area (Å²) in [4.78, 5) is 31.7. The van der Waals surface area contributed by atoms with Gasteiger partial charge in [0, 0.05) is 10.9 Å². The van der Waals surface area contributed by atoms with E-state index in [1.807, 2.05) is 36.6 Å². The lowest BCUT2D eigenvalue weighted by Crippen LogP contribution is -2.49. The zero-order chi connectivity index (χ0) is 21.3. The summed E-state index contributed by atoms with van der Waals surface area (Å²) in [5.74, 6) is 0.502. The van der Waals surface area contributed by atoms with Crippen molar-refractivity contribution in [1.82, 2.24) is 4.98 Å². The molecule has 0 radical (unpaired) electrons. The molecule has 0 fully saturated rings. The number of hydrogen-bond acceptors (Lipinski definition) is 6. The van der Waals surface area contributed by atoms with Crippen LogP contribution in [0.2, 0.25) is 0 Å². The van der Waals surface area contributed by atoms with Gasteiger partial charge in [-0.05, 0) is 44.2 Å². The molecular formula is C22H21N3O4S. The Morgan fingerprint density at radius 3 is 2.83 bits per heavy atom. The fraction of sp³-hybridized carbons (Fsp3) is 0.227. The van der Waals surface area contributed by atoms with Crippen molar-refractivity contribution >= 4 is 34.5 Å². The number of carbonyl (C=O) groups is 2. The summed E-state index contributed by atoms with van der Waals surface area (Å²) < 4.78 is 10.9. The molecule has 30 heavy (non-hydrogen) atoms. The number of thiazole rings is 1. The molecule has 4 rings (SSSR count). The van der Waals surface area contributed by atoms with Crippen molar-refractivity contribution in [1.29, 1.82) is 0 Å². The number of aryl methyl sites for hydroxylation is 1. The highest BCUT2D eigenvalue weighted by Crippen LogP contribution is 2.37. The molecule has 8 heteroatoms. The van der Waals surface area contributed by atoms with E-state index in [0.29, 0.717) is 22.9 Å². The van der Waals surface area contributed by atoms with Gasteiger partial charge in [0.1, 0.15) is 17.5 Å². The largest absolute Gasteiger partial charge is 0.495 e. The third-order valence-corrected chi connectivity index (χ3v) is 5.66. The van der Waals surface area contributed by atoms with Gasteiger partial charge < -0.3 is 14.8 Å². The van der Waals surface area contributed by atoms with E-state index in [0.717, 1.165) is 16.3 Å². The van der Waals surface area contributed by atoms with Gasteiger partial charge in [0.05, 0.1) is 29.2 Å². The number of fused-ring (bicyclic) bond motifs is 1. The standard InChI is InChI=1S/C22H21N3O4S/c1-13(22(27)24-16-6-4-5-7-19(16)28-3)25-18-10-15(17-12-30-14(2)23-17)8-9-20(18)29-11-21(25)26/h4-10,12-13H,11H2,1-3H3,(H,24,27). The monoisotopic (exact) mass is 423 g/mol. The molecule has 1 unspecified atom stereocenters. The summed E-state index contributed by atoms with van der Waals surface area (Å²) in [7, 11) is 1.54. The molecule has 0 saturated carbocycles. The predicted molar refractivity (Wildman–Crippen MR) is 116 cm³/mol. The molecule has 0 aliphatic carbocycles. The first-order valence-corrected chi connectivity index (χ1v) is 10.3. The predicted octanol–water partition coefficient (Wildman–Crippen LogP) is 3.88. The maximum Gasteiger partial charge on any atom is 0.265 e. The maximum atomic E-state index is 13.0. The highest BCUT2D eigenvalue weighted by Gasteiger charge is 2.33. The number of hydrogen-bond donors (Lipinski definition) is 1. The number of anilines is 2. The lowest BCUT2D eigenvalue weighted by molar-refractivity contribution is -0.125. The van der Waals surface area contributed by atoms with Crippen LogP contribution in [0.15, 0.2) is 47.8 Å². The number of benzene rings is 2. The maximum absolute atomic E-state index is 13.0. The van der Waals surface area contributed by atoms with Crippen LogP contribution in [0.4, 0.5) is 11.4 Å². The first kappa shape index (κ1) is 19.9. The fourth-order valence-electron chi connectivity index (χ4n) is 3.35. The van der Waals surface area contributed by atoms with Crippen LogP contribution in [0.5, 0.6) is 11.5 Å². The molecule has 0 spiro atoms. The molecule has 0 saturated heterocycles. The van der Waals surface area contributed by atoms with Gasteiger partial charge in [0.25, 0.3) is 5.91 Å². The molecule has 3 aromatic rings. The molecule has 1 atom stereocenters. The van der Waals surface area contributed by atoms with Crippen molar-refractivity contribution in [3.8, 4) is 22.8 Å². The third-order valence-electron chi connectivity index (χ3n) is 4.88. The minimum atomic E-state index is -0.752. The zero-order valence-corrected chi connectivity index (χ0v) is 17.7. The molecule has 1 aliphatic heterocycles. The van der Waals surface area contributed by atoms with Crippen molar-refractivity contribution < 1.29 is 19.1 Å². The number of aromatic nitrogens is 1. The lowest BCUT2D eigenvalue weighted by atomic mass is 10.1. The van der Waals surface area contributed by atoms with Crippen LogP contribution in [0.3, 0.4) is 0 Å². The number of para-hydroxylation sites is 2. The Balaban J connectivity index is 1.65. The van der Waals surface area contributed by atoms with Gasteiger partial charge in [-0.1, -0.05) is 12.1 Å². The first-order valence-electron chi connectivity index (χ1n) is 9.43. The van der Waals surface area contributed by atoms with Gasteiger partial charge >= 0.3 is 0 Å². The fourth-order valence-corrected chi connectivity index (χ4v) is 3.98. The van der Waals surface area contributed by atoms with Crippen LogP contribution in [-0.4, -0.2) is 36.6 Å². The number of ether oxygens (including phenoxy) is 2. The summed E-state index contributed by atoms with van der Waals surface area (Å²) in [5.41, 5.74) is 2.78. The Morgan fingerprint density at radius 2 is 2.10 bits per heavy atom. The quantitative estimate of drug-likeness (QED) is 0.674. The number of rotatable bonds is 5.